The van der Waals surface area contributed by atoms with Crippen LogP contribution >= 0.6 is 0 Å². The van der Waals surface area contributed by atoms with Gasteiger partial charge in [-0.2, -0.15) is 5.10 Å². The standard InChI is InChI=1S/C16H23N5O/c1-20(10-12-8-13-9-17-6-7-21(13)18-12)11-15-14-4-2-3-5-16(14)22-19-15/h8,17H,2-7,9-11H2,1H3. The molecule has 1 aliphatic carbocycles. The average molecular weight is 301 g/mol. The maximum Gasteiger partial charge on any atom is 0.140 e. The van der Waals surface area contributed by atoms with E-state index in [0.29, 0.717) is 0 Å². The Morgan fingerprint density at radius 3 is 3.14 bits per heavy atom. The van der Waals surface area contributed by atoms with Crippen LogP contribution in [-0.4, -0.2) is 33.4 Å². The maximum atomic E-state index is 5.50. The molecule has 0 unspecified atom stereocenters. The van der Waals surface area contributed by atoms with Gasteiger partial charge in [0.05, 0.1) is 17.9 Å². The molecule has 4 rings (SSSR count). The van der Waals surface area contributed by atoms with E-state index in [1.807, 2.05) is 0 Å². The Bertz CT molecular complexity index is 636. The van der Waals surface area contributed by atoms with Crippen molar-refractivity contribution < 1.29 is 4.52 Å². The lowest BCUT2D eigenvalue weighted by Gasteiger charge is -2.15. The van der Waals surface area contributed by atoms with E-state index in [-0.39, 0.29) is 0 Å². The van der Waals surface area contributed by atoms with Gasteiger partial charge in [0.25, 0.3) is 0 Å². The summed E-state index contributed by atoms with van der Waals surface area (Å²) in [6, 6.07) is 2.21. The van der Waals surface area contributed by atoms with E-state index in [4.69, 9.17) is 9.62 Å². The summed E-state index contributed by atoms with van der Waals surface area (Å²) in [7, 11) is 2.13. The van der Waals surface area contributed by atoms with Gasteiger partial charge >= 0.3 is 0 Å². The van der Waals surface area contributed by atoms with E-state index >= 15 is 0 Å². The zero-order chi connectivity index (χ0) is 14.9. The zero-order valence-corrected chi connectivity index (χ0v) is 13.1. The van der Waals surface area contributed by atoms with Gasteiger partial charge in [-0.3, -0.25) is 9.58 Å². The van der Waals surface area contributed by atoms with Crippen LogP contribution in [0, 0.1) is 0 Å². The SMILES string of the molecule is CN(Cc1cc2n(n1)CCNC2)Cc1noc2c1CCCC2. The largest absolute Gasteiger partial charge is 0.361 e. The second-order valence-corrected chi connectivity index (χ2v) is 6.44. The third-order valence-electron chi connectivity index (χ3n) is 4.60. The van der Waals surface area contributed by atoms with Crippen molar-refractivity contribution in [3.63, 3.8) is 0 Å². The lowest BCUT2D eigenvalue weighted by Crippen LogP contribution is -2.28. The lowest BCUT2D eigenvalue weighted by molar-refractivity contribution is 0.296. The number of fused-ring (bicyclic) bond motifs is 2. The van der Waals surface area contributed by atoms with Crippen LogP contribution < -0.4 is 5.32 Å². The second-order valence-electron chi connectivity index (χ2n) is 6.44. The van der Waals surface area contributed by atoms with Crippen molar-refractivity contribution in [2.75, 3.05) is 13.6 Å². The van der Waals surface area contributed by atoms with Gasteiger partial charge in [-0.25, -0.2) is 0 Å². The Hall–Kier alpha value is -1.66. The number of nitrogens with one attached hydrogen (secondary N) is 1. The van der Waals surface area contributed by atoms with Crippen LogP contribution in [0.3, 0.4) is 0 Å². The van der Waals surface area contributed by atoms with E-state index in [1.165, 1.54) is 24.1 Å². The van der Waals surface area contributed by atoms with E-state index in [1.54, 1.807) is 0 Å². The molecule has 0 saturated carbocycles. The molecular weight excluding hydrogens is 278 g/mol. The Morgan fingerprint density at radius 2 is 2.23 bits per heavy atom. The van der Waals surface area contributed by atoms with Gasteiger partial charge in [0.15, 0.2) is 0 Å². The van der Waals surface area contributed by atoms with Crippen LogP contribution in [0.2, 0.25) is 0 Å². The fourth-order valence-electron chi connectivity index (χ4n) is 3.49. The number of nitrogens with zero attached hydrogens (tertiary/aromatic N) is 4. The summed E-state index contributed by atoms with van der Waals surface area (Å²) in [6.07, 6.45) is 4.65. The molecule has 0 aromatic carbocycles. The van der Waals surface area contributed by atoms with Crippen LogP contribution in [0.4, 0.5) is 0 Å². The molecule has 1 N–H and O–H groups in total. The fraction of sp³-hybridized carbons (Fsp3) is 0.625. The van der Waals surface area contributed by atoms with Crippen LogP contribution in [-0.2, 0) is 39.0 Å². The quantitative estimate of drug-likeness (QED) is 0.927. The van der Waals surface area contributed by atoms with Gasteiger partial charge in [-0.15, -0.1) is 0 Å². The fourth-order valence-corrected chi connectivity index (χ4v) is 3.49. The first kappa shape index (κ1) is 14.0. The van der Waals surface area contributed by atoms with Gasteiger partial charge in [-0.05, 0) is 32.4 Å². The third kappa shape index (κ3) is 2.68. The van der Waals surface area contributed by atoms with Gasteiger partial charge in [0.2, 0.25) is 0 Å². The van der Waals surface area contributed by atoms with E-state index in [0.717, 1.165) is 62.7 Å². The summed E-state index contributed by atoms with van der Waals surface area (Å²) in [5.74, 6) is 1.11. The molecule has 2 aliphatic rings. The number of rotatable bonds is 4. The summed E-state index contributed by atoms with van der Waals surface area (Å²) in [5.41, 5.74) is 4.89. The minimum absolute atomic E-state index is 0.833. The maximum absolute atomic E-state index is 5.50. The number of hydrogen-bond donors (Lipinski definition) is 1. The summed E-state index contributed by atoms with van der Waals surface area (Å²) in [4.78, 5) is 2.27. The predicted molar refractivity (Wildman–Crippen MR) is 82.2 cm³/mol. The molecule has 3 heterocycles. The van der Waals surface area contributed by atoms with E-state index < -0.39 is 0 Å². The predicted octanol–water partition coefficient (Wildman–Crippen LogP) is 1.49. The Kier molecular flexibility index (Phi) is 3.72. The van der Waals surface area contributed by atoms with Crippen LogP contribution in [0.1, 0.15) is 41.2 Å². The lowest BCUT2D eigenvalue weighted by atomic mass is 9.96. The molecule has 22 heavy (non-hydrogen) atoms. The molecular formula is C16H23N5O. The summed E-state index contributed by atoms with van der Waals surface area (Å²) in [5, 5.41) is 12.4. The highest BCUT2D eigenvalue weighted by Gasteiger charge is 2.20. The Labute approximate surface area is 130 Å². The summed E-state index contributed by atoms with van der Waals surface area (Å²) >= 11 is 0. The molecule has 0 fully saturated rings. The third-order valence-corrected chi connectivity index (χ3v) is 4.60. The highest BCUT2D eigenvalue weighted by Crippen LogP contribution is 2.25. The number of aryl methyl sites for hydroxylation is 1. The zero-order valence-electron chi connectivity index (χ0n) is 13.1. The van der Waals surface area contributed by atoms with E-state index in [2.05, 4.69) is 33.2 Å². The first-order chi connectivity index (χ1) is 10.8. The molecule has 0 saturated heterocycles. The molecule has 0 radical (unpaired) electrons. The van der Waals surface area contributed by atoms with Gasteiger partial charge in [0, 0.05) is 38.2 Å². The number of aromatic nitrogens is 3. The van der Waals surface area contributed by atoms with Crippen LogP contribution in [0.25, 0.3) is 0 Å². The normalized spacial score (nSPS) is 17.5. The molecule has 2 aromatic heterocycles. The Morgan fingerprint density at radius 1 is 1.32 bits per heavy atom. The smallest absolute Gasteiger partial charge is 0.140 e. The topological polar surface area (TPSA) is 59.1 Å². The molecule has 6 heteroatoms. The van der Waals surface area contributed by atoms with Crippen molar-refractivity contribution in [3.8, 4) is 0 Å². The molecule has 118 valence electrons. The van der Waals surface area contributed by atoms with Crippen molar-refractivity contribution in [2.24, 2.45) is 0 Å². The molecule has 0 spiro atoms. The highest BCUT2D eigenvalue weighted by molar-refractivity contribution is 5.25. The molecule has 0 bridgehead atoms. The van der Waals surface area contributed by atoms with E-state index in [9.17, 15) is 0 Å². The monoisotopic (exact) mass is 301 g/mol. The molecule has 6 nitrogen and oxygen atoms in total. The van der Waals surface area contributed by atoms with Gasteiger partial charge in [-0.1, -0.05) is 5.16 Å². The van der Waals surface area contributed by atoms with Crippen molar-refractivity contribution >= 4 is 0 Å². The highest BCUT2D eigenvalue weighted by atomic mass is 16.5. The van der Waals surface area contributed by atoms with Gasteiger partial charge in [0.1, 0.15) is 11.5 Å². The summed E-state index contributed by atoms with van der Waals surface area (Å²) < 4.78 is 7.62. The second kappa shape index (κ2) is 5.85. The van der Waals surface area contributed by atoms with Crippen molar-refractivity contribution in [1.29, 1.82) is 0 Å². The van der Waals surface area contributed by atoms with Crippen LogP contribution in [0.15, 0.2) is 10.6 Å². The first-order valence-corrected chi connectivity index (χ1v) is 8.21. The summed E-state index contributed by atoms with van der Waals surface area (Å²) in [6.45, 7) is 4.58. The van der Waals surface area contributed by atoms with Gasteiger partial charge < -0.3 is 9.84 Å². The average Bonchev–Trinajstić information content (AvgIpc) is 3.11. The minimum atomic E-state index is 0.833. The molecule has 0 amide bonds. The van der Waals surface area contributed by atoms with Crippen molar-refractivity contribution in [2.45, 2.75) is 51.9 Å². The van der Waals surface area contributed by atoms with Crippen molar-refractivity contribution in [3.05, 3.63) is 34.5 Å². The van der Waals surface area contributed by atoms with Crippen molar-refractivity contribution in [1.82, 2.24) is 25.2 Å². The number of hydrogen-bond acceptors (Lipinski definition) is 5. The molecule has 0 atom stereocenters. The Balaban J connectivity index is 1.43. The minimum Gasteiger partial charge on any atom is -0.361 e. The first-order valence-electron chi connectivity index (χ1n) is 8.21. The van der Waals surface area contributed by atoms with Crippen LogP contribution in [0.5, 0.6) is 0 Å². The molecule has 1 aliphatic heterocycles. The molecule has 2 aromatic rings.